The highest BCUT2D eigenvalue weighted by Crippen LogP contribution is 2.37. The summed E-state index contributed by atoms with van der Waals surface area (Å²) in [7, 11) is 0. The minimum Gasteiger partial charge on any atom is -0.505 e. The van der Waals surface area contributed by atoms with Gasteiger partial charge in [0.15, 0.2) is 11.5 Å². The molecular formula is C19H13N5O3. The maximum Gasteiger partial charge on any atom is 0.296 e. The summed E-state index contributed by atoms with van der Waals surface area (Å²) in [6, 6.07) is 15.0. The van der Waals surface area contributed by atoms with Gasteiger partial charge in [-0.1, -0.05) is 18.2 Å². The maximum absolute atomic E-state index is 11.3. The number of aromatic hydroxyl groups is 1. The monoisotopic (exact) mass is 359 g/mol. The first-order valence-corrected chi connectivity index (χ1v) is 8.04. The summed E-state index contributed by atoms with van der Waals surface area (Å²) in [5, 5.41) is 25.1. The SMILES string of the molecule is O=[N+]([O-])c1cccc(O)c1Nc1nc(-c2cccnc2)nc2ccccc12. The van der Waals surface area contributed by atoms with E-state index in [0.29, 0.717) is 28.1 Å². The van der Waals surface area contributed by atoms with E-state index >= 15 is 0 Å². The molecule has 2 aromatic heterocycles. The quantitative estimate of drug-likeness (QED) is 0.321. The molecule has 0 amide bonds. The van der Waals surface area contributed by atoms with Crippen molar-refractivity contribution in [1.29, 1.82) is 0 Å². The van der Waals surface area contributed by atoms with E-state index in [1.54, 1.807) is 24.5 Å². The number of pyridine rings is 1. The molecule has 0 saturated carbocycles. The third-order valence-electron chi connectivity index (χ3n) is 3.98. The summed E-state index contributed by atoms with van der Waals surface area (Å²) in [4.78, 5) is 23.9. The zero-order valence-corrected chi connectivity index (χ0v) is 13.9. The third-order valence-corrected chi connectivity index (χ3v) is 3.98. The van der Waals surface area contributed by atoms with E-state index < -0.39 is 4.92 Å². The Morgan fingerprint density at radius 2 is 1.85 bits per heavy atom. The molecule has 0 fully saturated rings. The lowest BCUT2D eigenvalue weighted by molar-refractivity contribution is -0.384. The van der Waals surface area contributed by atoms with Gasteiger partial charge in [-0.3, -0.25) is 15.1 Å². The summed E-state index contributed by atoms with van der Waals surface area (Å²) < 4.78 is 0. The van der Waals surface area contributed by atoms with Gasteiger partial charge >= 0.3 is 0 Å². The highest BCUT2D eigenvalue weighted by atomic mass is 16.6. The average molecular weight is 359 g/mol. The minimum atomic E-state index is -0.562. The molecule has 2 N–H and O–H groups in total. The molecule has 0 radical (unpaired) electrons. The molecule has 0 aliphatic rings. The van der Waals surface area contributed by atoms with Crippen LogP contribution in [0.5, 0.6) is 5.75 Å². The van der Waals surface area contributed by atoms with Gasteiger partial charge in [-0.05, 0) is 30.3 Å². The van der Waals surface area contributed by atoms with Crippen molar-refractivity contribution < 1.29 is 10.0 Å². The lowest BCUT2D eigenvalue weighted by Crippen LogP contribution is -2.02. The first kappa shape index (κ1) is 16.4. The molecule has 0 saturated heterocycles. The predicted molar refractivity (Wildman–Crippen MR) is 101 cm³/mol. The maximum atomic E-state index is 11.3. The molecule has 132 valence electrons. The van der Waals surface area contributed by atoms with E-state index in [1.807, 2.05) is 24.3 Å². The number of hydrogen-bond acceptors (Lipinski definition) is 7. The Bertz CT molecular complexity index is 1150. The van der Waals surface area contributed by atoms with Crippen LogP contribution in [0.25, 0.3) is 22.3 Å². The number of phenols is 1. The molecule has 4 rings (SSSR count). The number of aromatic nitrogens is 3. The second kappa shape index (κ2) is 6.68. The van der Waals surface area contributed by atoms with Crippen molar-refractivity contribution in [1.82, 2.24) is 15.0 Å². The number of para-hydroxylation sites is 2. The van der Waals surface area contributed by atoms with E-state index in [9.17, 15) is 15.2 Å². The molecule has 8 nitrogen and oxygen atoms in total. The van der Waals surface area contributed by atoms with E-state index in [1.165, 1.54) is 18.2 Å². The van der Waals surface area contributed by atoms with Crippen molar-refractivity contribution in [2.45, 2.75) is 0 Å². The summed E-state index contributed by atoms with van der Waals surface area (Å²) in [5.74, 6) is 0.529. The first-order chi connectivity index (χ1) is 13.1. The summed E-state index contributed by atoms with van der Waals surface area (Å²) in [6.07, 6.45) is 3.28. The van der Waals surface area contributed by atoms with E-state index in [-0.39, 0.29) is 17.1 Å². The second-order valence-corrected chi connectivity index (χ2v) is 5.71. The fraction of sp³-hybridized carbons (Fsp3) is 0. The van der Waals surface area contributed by atoms with E-state index in [2.05, 4.69) is 20.3 Å². The van der Waals surface area contributed by atoms with Gasteiger partial charge in [0, 0.05) is 29.4 Å². The van der Waals surface area contributed by atoms with Crippen LogP contribution in [0.1, 0.15) is 0 Å². The molecule has 0 aliphatic heterocycles. The van der Waals surface area contributed by atoms with Gasteiger partial charge in [0.1, 0.15) is 11.6 Å². The van der Waals surface area contributed by atoms with Crippen LogP contribution in [0.3, 0.4) is 0 Å². The number of anilines is 2. The smallest absolute Gasteiger partial charge is 0.296 e. The van der Waals surface area contributed by atoms with Crippen molar-refractivity contribution in [2.75, 3.05) is 5.32 Å². The fourth-order valence-electron chi connectivity index (χ4n) is 2.72. The molecule has 0 bridgehead atoms. The lowest BCUT2D eigenvalue weighted by atomic mass is 10.2. The van der Waals surface area contributed by atoms with Crippen molar-refractivity contribution in [3.63, 3.8) is 0 Å². The van der Waals surface area contributed by atoms with Crippen molar-refractivity contribution in [3.8, 4) is 17.1 Å². The van der Waals surface area contributed by atoms with Crippen molar-refractivity contribution >= 4 is 28.1 Å². The van der Waals surface area contributed by atoms with Gasteiger partial charge in [-0.15, -0.1) is 0 Å². The molecule has 8 heteroatoms. The van der Waals surface area contributed by atoms with Crippen LogP contribution in [0.2, 0.25) is 0 Å². The predicted octanol–water partition coefficient (Wildman–Crippen LogP) is 4.05. The molecule has 27 heavy (non-hydrogen) atoms. The summed E-state index contributed by atoms with van der Waals surface area (Å²) in [6.45, 7) is 0. The number of nitrogens with one attached hydrogen (secondary N) is 1. The van der Waals surface area contributed by atoms with Crippen LogP contribution in [0, 0.1) is 10.1 Å². The molecule has 2 heterocycles. The highest BCUT2D eigenvalue weighted by molar-refractivity contribution is 5.93. The van der Waals surface area contributed by atoms with Crippen LogP contribution in [-0.2, 0) is 0 Å². The Hall–Kier alpha value is -4.07. The molecule has 0 aliphatic carbocycles. The number of nitro benzene ring substituents is 1. The molecule has 4 aromatic rings. The van der Waals surface area contributed by atoms with E-state index in [4.69, 9.17) is 0 Å². The van der Waals surface area contributed by atoms with Crippen molar-refractivity contribution in [2.24, 2.45) is 0 Å². The third kappa shape index (κ3) is 3.11. The normalized spacial score (nSPS) is 10.7. The van der Waals surface area contributed by atoms with Crippen LogP contribution >= 0.6 is 0 Å². The number of hydrogen-bond donors (Lipinski definition) is 2. The Morgan fingerprint density at radius 1 is 1.00 bits per heavy atom. The minimum absolute atomic E-state index is 0.0245. The number of phenolic OH excluding ortho intramolecular Hbond substituents is 1. The Morgan fingerprint density at radius 3 is 2.63 bits per heavy atom. The topological polar surface area (TPSA) is 114 Å². The van der Waals surface area contributed by atoms with Gasteiger partial charge in [-0.25, -0.2) is 9.97 Å². The summed E-state index contributed by atoms with van der Waals surface area (Å²) >= 11 is 0. The average Bonchev–Trinajstić information content (AvgIpc) is 2.70. The summed E-state index contributed by atoms with van der Waals surface area (Å²) in [5.41, 5.74) is 1.09. The number of rotatable bonds is 4. The number of fused-ring (bicyclic) bond motifs is 1. The van der Waals surface area contributed by atoms with Gasteiger partial charge in [0.05, 0.1) is 10.4 Å². The molecule has 0 spiro atoms. The van der Waals surface area contributed by atoms with Crippen LogP contribution in [0.15, 0.2) is 67.0 Å². The number of nitrogens with zero attached hydrogens (tertiary/aromatic N) is 4. The van der Waals surface area contributed by atoms with Gasteiger partial charge in [0.25, 0.3) is 5.69 Å². The zero-order valence-electron chi connectivity index (χ0n) is 13.9. The van der Waals surface area contributed by atoms with E-state index in [0.717, 1.165) is 0 Å². The number of nitro groups is 1. The fourth-order valence-corrected chi connectivity index (χ4v) is 2.72. The van der Waals surface area contributed by atoms with Crippen LogP contribution in [0.4, 0.5) is 17.2 Å². The molecule has 0 unspecified atom stereocenters. The van der Waals surface area contributed by atoms with Gasteiger partial charge in [0.2, 0.25) is 0 Å². The Labute approximate surface area is 153 Å². The first-order valence-electron chi connectivity index (χ1n) is 8.04. The molecule has 2 aromatic carbocycles. The molecular weight excluding hydrogens is 346 g/mol. The molecule has 0 atom stereocenters. The standard InChI is InChI=1S/C19H13N5O3/c25-16-9-3-8-15(24(26)27)17(16)22-19-13-6-1-2-7-14(13)21-18(23-19)12-5-4-10-20-11-12/h1-11,25H,(H,21,22,23). The van der Waals surface area contributed by atoms with Crippen LogP contribution < -0.4 is 5.32 Å². The zero-order chi connectivity index (χ0) is 18.8. The van der Waals surface area contributed by atoms with Crippen LogP contribution in [-0.4, -0.2) is 25.0 Å². The Kier molecular flexibility index (Phi) is 4.06. The highest BCUT2D eigenvalue weighted by Gasteiger charge is 2.19. The lowest BCUT2D eigenvalue weighted by Gasteiger charge is -2.12. The number of benzene rings is 2. The van der Waals surface area contributed by atoms with Gasteiger partial charge in [-0.2, -0.15) is 0 Å². The Balaban J connectivity index is 1.91. The van der Waals surface area contributed by atoms with Crippen molar-refractivity contribution in [3.05, 3.63) is 77.1 Å². The second-order valence-electron chi connectivity index (χ2n) is 5.71. The van der Waals surface area contributed by atoms with Gasteiger partial charge < -0.3 is 10.4 Å². The largest absolute Gasteiger partial charge is 0.505 e.